The fourth-order valence-corrected chi connectivity index (χ4v) is 1.07. The molecule has 0 heterocycles. The van der Waals surface area contributed by atoms with E-state index in [1.54, 1.807) is 24.3 Å². The molecule has 0 bridgehead atoms. The second-order valence-electron chi connectivity index (χ2n) is 2.66. The van der Waals surface area contributed by atoms with E-state index in [0.717, 1.165) is 6.21 Å². The van der Waals surface area contributed by atoms with E-state index in [-0.39, 0.29) is 0 Å². The quantitative estimate of drug-likeness (QED) is 0.447. The van der Waals surface area contributed by atoms with Crippen LogP contribution in [-0.2, 0) is 4.79 Å². The Morgan fingerprint density at radius 3 is 3.00 bits per heavy atom. The SMILES string of the molecule is CCOc1ccccc1NC(=O)/C=N\O. The van der Waals surface area contributed by atoms with Crippen LogP contribution in [0.25, 0.3) is 0 Å². The van der Waals surface area contributed by atoms with Crippen LogP contribution in [0, 0.1) is 0 Å². The molecule has 0 atom stereocenters. The van der Waals surface area contributed by atoms with Gasteiger partial charge in [0.25, 0.3) is 5.91 Å². The number of ether oxygens (including phenoxy) is 1. The van der Waals surface area contributed by atoms with Gasteiger partial charge in [-0.2, -0.15) is 0 Å². The Hall–Kier alpha value is -2.04. The zero-order chi connectivity index (χ0) is 11.1. The summed E-state index contributed by atoms with van der Waals surface area (Å²) in [6.45, 7) is 2.37. The van der Waals surface area contributed by atoms with Crippen LogP contribution >= 0.6 is 0 Å². The van der Waals surface area contributed by atoms with Gasteiger partial charge in [-0.05, 0) is 19.1 Å². The average molecular weight is 208 g/mol. The minimum absolute atomic E-state index is 0.510. The van der Waals surface area contributed by atoms with E-state index in [0.29, 0.717) is 18.0 Å². The van der Waals surface area contributed by atoms with Gasteiger partial charge in [0.1, 0.15) is 12.0 Å². The summed E-state index contributed by atoms with van der Waals surface area (Å²) >= 11 is 0. The van der Waals surface area contributed by atoms with Crippen molar-refractivity contribution in [1.29, 1.82) is 0 Å². The summed E-state index contributed by atoms with van der Waals surface area (Å²) < 4.78 is 5.29. The number of para-hydroxylation sites is 2. The molecule has 0 aliphatic heterocycles. The number of benzene rings is 1. The molecule has 2 N–H and O–H groups in total. The lowest BCUT2D eigenvalue weighted by Crippen LogP contribution is -2.13. The smallest absolute Gasteiger partial charge is 0.270 e. The van der Waals surface area contributed by atoms with Gasteiger partial charge in [-0.3, -0.25) is 4.79 Å². The minimum atomic E-state index is -0.510. The van der Waals surface area contributed by atoms with Crippen molar-refractivity contribution in [3.63, 3.8) is 0 Å². The number of oxime groups is 1. The van der Waals surface area contributed by atoms with Crippen molar-refractivity contribution in [3.8, 4) is 5.75 Å². The van der Waals surface area contributed by atoms with Crippen molar-refractivity contribution in [2.75, 3.05) is 11.9 Å². The molecule has 1 aromatic carbocycles. The number of rotatable bonds is 4. The highest BCUT2D eigenvalue weighted by Crippen LogP contribution is 2.23. The van der Waals surface area contributed by atoms with Crippen LogP contribution in [-0.4, -0.2) is 23.9 Å². The van der Waals surface area contributed by atoms with Crippen LogP contribution in [0.5, 0.6) is 5.75 Å². The molecular weight excluding hydrogens is 196 g/mol. The van der Waals surface area contributed by atoms with Crippen molar-refractivity contribution < 1.29 is 14.7 Å². The highest BCUT2D eigenvalue weighted by Gasteiger charge is 2.04. The lowest BCUT2D eigenvalue weighted by atomic mass is 10.3. The Balaban J connectivity index is 2.79. The fourth-order valence-electron chi connectivity index (χ4n) is 1.07. The summed E-state index contributed by atoms with van der Waals surface area (Å²) in [7, 11) is 0. The molecule has 5 heteroatoms. The lowest BCUT2D eigenvalue weighted by molar-refractivity contribution is -0.110. The first-order chi connectivity index (χ1) is 7.27. The van der Waals surface area contributed by atoms with Crippen LogP contribution < -0.4 is 10.1 Å². The summed E-state index contributed by atoms with van der Waals surface area (Å²) in [5.74, 6) is 0.0735. The average Bonchev–Trinajstić information content (AvgIpc) is 2.21. The summed E-state index contributed by atoms with van der Waals surface area (Å²) in [4.78, 5) is 11.1. The predicted molar refractivity (Wildman–Crippen MR) is 56.5 cm³/mol. The topological polar surface area (TPSA) is 70.9 Å². The third-order valence-electron chi connectivity index (χ3n) is 1.62. The fraction of sp³-hybridized carbons (Fsp3) is 0.200. The zero-order valence-corrected chi connectivity index (χ0v) is 8.30. The van der Waals surface area contributed by atoms with Gasteiger partial charge < -0.3 is 15.3 Å². The summed E-state index contributed by atoms with van der Waals surface area (Å²) in [6.07, 6.45) is 0.780. The van der Waals surface area contributed by atoms with Gasteiger partial charge >= 0.3 is 0 Å². The Morgan fingerprint density at radius 1 is 1.60 bits per heavy atom. The molecular formula is C10H12N2O3. The third-order valence-corrected chi connectivity index (χ3v) is 1.62. The first-order valence-corrected chi connectivity index (χ1v) is 4.48. The third kappa shape index (κ3) is 3.30. The van der Waals surface area contributed by atoms with E-state index < -0.39 is 5.91 Å². The van der Waals surface area contributed by atoms with Crippen molar-refractivity contribution in [2.24, 2.45) is 5.16 Å². The molecule has 80 valence electrons. The van der Waals surface area contributed by atoms with E-state index >= 15 is 0 Å². The number of amides is 1. The molecule has 0 radical (unpaired) electrons. The second kappa shape index (κ2) is 5.64. The summed E-state index contributed by atoms with van der Waals surface area (Å²) in [6, 6.07) is 7.03. The minimum Gasteiger partial charge on any atom is -0.492 e. The van der Waals surface area contributed by atoms with Gasteiger partial charge in [0.05, 0.1) is 12.3 Å². The maximum absolute atomic E-state index is 11.1. The number of nitrogens with one attached hydrogen (secondary N) is 1. The number of carbonyl (C=O) groups excluding carboxylic acids is 1. The lowest BCUT2D eigenvalue weighted by Gasteiger charge is -2.09. The van der Waals surface area contributed by atoms with Gasteiger partial charge in [0.2, 0.25) is 0 Å². The standard InChI is InChI=1S/C10H12N2O3/c1-2-15-9-6-4-3-5-8(9)12-10(13)7-11-14/h3-7,14H,2H2,1H3,(H,12,13)/b11-7-. The molecule has 15 heavy (non-hydrogen) atoms. The van der Waals surface area contributed by atoms with Crippen LogP contribution in [0.3, 0.4) is 0 Å². The van der Waals surface area contributed by atoms with Crippen LogP contribution in [0.4, 0.5) is 5.69 Å². The van der Waals surface area contributed by atoms with Crippen LogP contribution in [0.2, 0.25) is 0 Å². The molecule has 1 rings (SSSR count). The van der Waals surface area contributed by atoms with Gasteiger partial charge in [-0.1, -0.05) is 17.3 Å². The predicted octanol–water partition coefficient (Wildman–Crippen LogP) is 1.48. The Kier molecular flexibility index (Phi) is 4.15. The molecule has 5 nitrogen and oxygen atoms in total. The maximum Gasteiger partial charge on any atom is 0.270 e. The van der Waals surface area contributed by atoms with Gasteiger partial charge in [0.15, 0.2) is 0 Å². The van der Waals surface area contributed by atoms with E-state index in [2.05, 4.69) is 10.5 Å². The van der Waals surface area contributed by atoms with Crippen molar-refractivity contribution in [3.05, 3.63) is 24.3 Å². The maximum atomic E-state index is 11.1. The molecule has 1 aromatic rings. The highest BCUT2D eigenvalue weighted by atomic mass is 16.5. The molecule has 0 unspecified atom stereocenters. The number of nitrogens with zero attached hydrogens (tertiary/aromatic N) is 1. The van der Waals surface area contributed by atoms with Crippen molar-refractivity contribution in [1.82, 2.24) is 0 Å². The molecule has 0 saturated heterocycles. The molecule has 1 amide bonds. The number of hydrogen-bond acceptors (Lipinski definition) is 4. The first-order valence-electron chi connectivity index (χ1n) is 4.48. The van der Waals surface area contributed by atoms with E-state index in [4.69, 9.17) is 9.94 Å². The number of carbonyl (C=O) groups is 1. The largest absolute Gasteiger partial charge is 0.492 e. The second-order valence-corrected chi connectivity index (χ2v) is 2.66. The molecule has 0 saturated carbocycles. The van der Waals surface area contributed by atoms with Crippen LogP contribution in [0.1, 0.15) is 6.92 Å². The van der Waals surface area contributed by atoms with Crippen LogP contribution in [0.15, 0.2) is 29.4 Å². The highest BCUT2D eigenvalue weighted by molar-refractivity contribution is 6.31. The van der Waals surface area contributed by atoms with E-state index in [1.165, 1.54) is 0 Å². The Bertz CT molecular complexity index is 363. The first kappa shape index (κ1) is 11.0. The molecule has 0 aromatic heterocycles. The Morgan fingerprint density at radius 2 is 2.33 bits per heavy atom. The normalized spacial score (nSPS) is 10.2. The molecule has 0 spiro atoms. The zero-order valence-electron chi connectivity index (χ0n) is 8.30. The molecule has 0 aliphatic carbocycles. The monoisotopic (exact) mass is 208 g/mol. The summed E-state index contributed by atoms with van der Waals surface area (Å²) in [5, 5.41) is 13.3. The van der Waals surface area contributed by atoms with Gasteiger partial charge in [-0.15, -0.1) is 0 Å². The number of anilines is 1. The molecule has 0 fully saturated rings. The van der Waals surface area contributed by atoms with E-state index in [1.807, 2.05) is 6.92 Å². The summed E-state index contributed by atoms with van der Waals surface area (Å²) in [5.41, 5.74) is 0.546. The van der Waals surface area contributed by atoms with Crippen molar-refractivity contribution >= 4 is 17.8 Å². The molecule has 0 aliphatic rings. The Labute approximate surface area is 87.4 Å². The van der Waals surface area contributed by atoms with Crippen molar-refractivity contribution in [2.45, 2.75) is 6.92 Å². The van der Waals surface area contributed by atoms with Gasteiger partial charge in [-0.25, -0.2) is 0 Å². The number of hydrogen-bond donors (Lipinski definition) is 2. The van der Waals surface area contributed by atoms with Gasteiger partial charge in [0, 0.05) is 0 Å². The van der Waals surface area contributed by atoms with E-state index in [9.17, 15) is 4.79 Å².